The third-order valence-electron chi connectivity index (χ3n) is 2.32. The van der Waals surface area contributed by atoms with Gasteiger partial charge in [0.1, 0.15) is 5.82 Å². The lowest BCUT2D eigenvalue weighted by atomic mass is 10.1. The van der Waals surface area contributed by atoms with Gasteiger partial charge in [-0.1, -0.05) is 13.0 Å². The van der Waals surface area contributed by atoms with Gasteiger partial charge in [0, 0.05) is 18.0 Å². The molecule has 0 aliphatic carbocycles. The van der Waals surface area contributed by atoms with Gasteiger partial charge in [0.2, 0.25) is 0 Å². The van der Waals surface area contributed by atoms with E-state index in [-0.39, 0.29) is 0 Å². The number of aryl methyl sites for hydroxylation is 1. The van der Waals surface area contributed by atoms with E-state index in [1.807, 2.05) is 18.3 Å². The molecule has 0 aliphatic heterocycles. The van der Waals surface area contributed by atoms with Crippen molar-refractivity contribution in [1.82, 2.24) is 9.97 Å². The summed E-state index contributed by atoms with van der Waals surface area (Å²) in [6.07, 6.45) is 4.64. The Labute approximate surface area is 89.0 Å². The quantitative estimate of drug-likeness (QED) is 0.807. The number of pyridine rings is 2. The topological polar surface area (TPSA) is 51.8 Å². The van der Waals surface area contributed by atoms with Gasteiger partial charge in [0.15, 0.2) is 0 Å². The monoisotopic (exact) mass is 199 g/mol. The summed E-state index contributed by atoms with van der Waals surface area (Å²) < 4.78 is 0. The molecule has 0 spiro atoms. The number of nitrogens with zero attached hydrogens (tertiary/aromatic N) is 2. The van der Waals surface area contributed by atoms with Gasteiger partial charge < -0.3 is 5.73 Å². The Kier molecular flexibility index (Phi) is 2.63. The van der Waals surface area contributed by atoms with E-state index >= 15 is 0 Å². The third-order valence-corrected chi connectivity index (χ3v) is 2.32. The molecule has 0 bridgehead atoms. The first-order valence-corrected chi connectivity index (χ1v) is 4.96. The Balaban J connectivity index is 2.33. The van der Waals surface area contributed by atoms with Crippen molar-refractivity contribution in [3.8, 4) is 11.3 Å². The third kappa shape index (κ3) is 2.13. The van der Waals surface area contributed by atoms with Gasteiger partial charge in [-0.2, -0.15) is 0 Å². The van der Waals surface area contributed by atoms with Crippen LogP contribution in [-0.2, 0) is 6.42 Å². The number of nitrogens with two attached hydrogens (primary N) is 1. The molecular formula is C12H13N3. The molecular weight excluding hydrogens is 186 g/mol. The Morgan fingerprint density at radius 1 is 1.07 bits per heavy atom. The molecule has 76 valence electrons. The van der Waals surface area contributed by atoms with Crippen LogP contribution in [0, 0.1) is 0 Å². The van der Waals surface area contributed by atoms with Crippen molar-refractivity contribution in [2.24, 2.45) is 0 Å². The zero-order valence-corrected chi connectivity index (χ0v) is 8.64. The van der Waals surface area contributed by atoms with Gasteiger partial charge in [0.25, 0.3) is 0 Å². The number of hydrogen-bond donors (Lipinski definition) is 1. The fourth-order valence-electron chi connectivity index (χ4n) is 1.36. The van der Waals surface area contributed by atoms with E-state index < -0.39 is 0 Å². The summed E-state index contributed by atoms with van der Waals surface area (Å²) in [6, 6.07) is 7.80. The van der Waals surface area contributed by atoms with Gasteiger partial charge in [-0.25, -0.2) is 4.98 Å². The molecule has 2 heterocycles. The average Bonchev–Trinajstić information content (AvgIpc) is 2.30. The minimum atomic E-state index is 0.531. The molecule has 0 aliphatic rings. The van der Waals surface area contributed by atoms with Crippen molar-refractivity contribution in [3.63, 3.8) is 0 Å². The zero-order valence-electron chi connectivity index (χ0n) is 8.64. The van der Waals surface area contributed by atoms with Crippen LogP contribution in [0.3, 0.4) is 0 Å². The van der Waals surface area contributed by atoms with Crippen LogP contribution in [0.15, 0.2) is 36.7 Å². The number of aromatic nitrogens is 2. The molecule has 0 saturated carbocycles. The molecule has 0 aromatic carbocycles. The Morgan fingerprint density at radius 3 is 2.47 bits per heavy atom. The first-order valence-electron chi connectivity index (χ1n) is 4.96. The summed E-state index contributed by atoms with van der Waals surface area (Å²) in [5, 5.41) is 0. The van der Waals surface area contributed by atoms with Crippen LogP contribution in [0.25, 0.3) is 11.3 Å². The maximum atomic E-state index is 5.52. The van der Waals surface area contributed by atoms with Crippen LogP contribution in [0.2, 0.25) is 0 Å². The highest BCUT2D eigenvalue weighted by atomic mass is 14.8. The Morgan fingerprint density at radius 2 is 1.93 bits per heavy atom. The molecule has 2 aromatic heterocycles. The van der Waals surface area contributed by atoms with Gasteiger partial charge in [-0.15, -0.1) is 0 Å². The number of nitrogen functional groups attached to an aromatic ring is 1. The molecule has 0 amide bonds. The molecule has 0 atom stereocenters. The maximum Gasteiger partial charge on any atom is 0.123 e. The second kappa shape index (κ2) is 4.09. The molecule has 3 heteroatoms. The second-order valence-corrected chi connectivity index (χ2v) is 3.38. The summed E-state index contributed by atoms with van der Waals surface area (Å²) in [5.74, 6) is 0.531. The molecule has 0 radical (unpaired) electrons. The van der Waals surface area contributed by atoms with Gasteiger partial charge in [0.05, 0.1) is 5.69 Å². The maximum absolute atomic E-state index is 5.52. The van der Waals surface area contributed by atoms with Crippen LogP contribution in [0.5, 0.6) is 0 Å². The molecule has 2 rings (SSSR count). The highest BCUT2D eigenvalue weighted by Gasteiger charge is 1.99. The van der Waals surface area contributed by atoms with Crippen molar-refractivity contribution in [3.05, 3.63) is 42.2 Å². The van der Waals surface area contributed by atoms with Crippen molar-refractivity contribution >= 4 is 5.82 Å². The fourth-order valence-corrected chi connectivity index (χ4v) is 1.36. The summed E-state index contributed by atoms with van der Waals surface area (Å²) in [5.41, 5.74) is 8.68. The molecule has 15 heavy (non-hydrogen) atoms. The highest BCUT2D eigenvalue weighted by Crippen LogP contribution is 2.16. The first-order chi connectivity index (χ1) is 7.29. The molecule has 3 nitrogen and oxygen atoms in total. The van der Waals surface area contributed by atoms with Crippen molar-refractivity contribution in [1.29, 1.82) is 0 Å². The van der Waals surface area contributed by atoms with Crippen LogP contribution in [0.4, 0.5) is 5.82 Å². The predicted molar refractivity (Wildman–Crippen MR) is 61.3 cm³/mol. The minimum Gasteiger partial charge on any atom is -0.384 e. The lowest BCUT2D eigenvalue weighted by Crippen LogP contribution is -1.91. The number of anilines is 1. The number of rotatable bonds is 2. The van der Waals surface area contributed by atoms with E-state index in [9.17, 15) is 0 Å². The second-order valence-electron chi connectivity index (χ2n) is 3.38. The number of hydrogen-bond acceptors (Lipinski definition) is 3. The lowest BCUT2D eigenvalue weighted by molar-refractivity contribution is 1.10. The summed E-state index contributed by atoms with van der Waals surface area (Å²) in [7, 11) is 0. The van der Waals surface area contributed by atoms with E-state index in [4.69, 9.17) is 5.73 Å². The zero-order chi connectivity index (χ0) is 10.7. The largest absolute Gasteiger partial charge is 0.384 e. The Hall–Kier alpha value is -1.90. The van der Waals surface area contributed by atoms with Crippen LogP contribution >= 0.6 is 0 Å². The summed E-state index contributed by atoms with van der Waals surface area (Å²) in [4.78, 5) is 8.40. The smallest absolute Gasteiger partial charge is 0.123 e. The van der Waals surface area contributed by atoms with Gasteiger partial charge in [-0.05, 0) is 30.2 Å². The SMILES string of the molecule is CCc1ccc(-c2ccc(N)nc2)nc1. The van der Waals surface area contributed by atoms with Gasteiger partial charge >= 0.3 is 0 Å². The van der Waals surface area contributed by atoms with E-state index in [1.165, 1.54) is 5.56 Å². The first kappa shape index (κ1) is 9.65. The van der Waals surface area contributed by atoms with E-state index in [0.717, 1.165) is 17.7 Å². The molecule has 2 aromatic rings. The average molecular weight is 199 g/mol. The molecule has 0 fully saturated rings. The Bertz CT molecular complexity index is 431. The van der Waals surface area contributed by atoms with E-state index in [2.05, 4.69) is 23.0 Å². The van der Waals surface area contributed by atoms with Crippen LogP contribution in [0.1, 0.15) is 12.5 Å². The molecule has 0 unspecified atom stereocenters. The standard InChI is InChI=1S/C12H13N3/c1-2-9-3-5-11(14-7-9)10-4-6-12(13)15-8-10/h3-8H,2H2,1H3,(H2,13,15). The van der Waals surface area contributed by atoms with Crippen molar-refractivity contribution in [2.75, 3.05) is 5.73 Å². The van der Waals surface area contributed by atoms with E-state index in [0.29, 0.717) is 5.82 Å². The summed E-state index contributed by atoms with van der Waals surface area (Å²) >= 11 is 0. The lowest BCUT2D eigenvalue weighted by Gasteiger charge is -2.01. The van der Waals surface area contributed by atoms with Crippen molar-refractivity contribution < 1.29 is 0 Å². The van der Waals surface area contributed by atoms with Crippen molar-refractivity contribution in [2.45, 2.75) is 13.3 Å². The molecule has 2 N–H and O–H groups in total. The van der Waals surface area contributed by atoms with E-state index in [1.54, 1.807) is 12.3 Å². The normalized spacial score (nSPS) is 10.2. The van der Waals surface area contributed by atoms with Crippen LogP contribution in [-0.4, -0.2) is 9.97 Å². The highest BCUT2D eigenvalue weighted by molar-refractivity contribution is 5.59. The minimum absolute atomic E-state index is 0.531. The van der Waals surface area contributed by atoms with Crippen LogP contribution < -0.4 is 5.73 Å². The van der Waals surface area contributed by atoms with Gasteiger partial charge in [-0.3, -0.25) is 4.98 Å². The predicted octanol–water partition coefficient (Wildman–Crippen LogP) is 2.29. The summed E-state index contributed by atoms with van der Waals surface area (Å²) in [6.45, 7) is 2.11. The molecule has 0 saturated heterocycles. The fraction of sp³-hybridized carbons (Fsp3) is 0.167.